The molecule has 0 spiro atoms. The Balaban J connectivity index is 1.32. The number of hydrogen-bond acceptors (Lipinski definition) is 6. The molecule has 38 heavy (non-hydrogen) atoms. The zero-order chi connectivity index (χ0) is 27.0. The maximum atomic E-state index is 12.6. The molecule has 0 unspecified atom stereocenters. The molecule has 1 saturated heterocycles. The van der Waals surface area contributed by atoms with E-state index in [1.165, 1.54) is 42.3 Å². The summed E-state index contributed by atoms with van der Waals surface area (Å²) in [5, 5.41) is 11.0. The van der Waals surface area contributed by atoms with Crippen LogP contribution in [0.3, 0.4) is 0 Å². The number of ketones is 1. The van der Waals surface area contributed by atoms with Crippen LogP contribution in [-0.4, -0.2) is 47.8 Å². The average molecular weight is 513 g/mol. The van der Waals surface area contributed by atoms with E-state index in [1.54, 1.807) is 6.07 Å². The number of carbonyl (C=O) groups excluding carboxylic acids is 2. The lowest BCUT2D eigenvalue weighted by Crippen LogP contribution is -2.43. The Hall–Kier alpha value is -4.10. The number of benzene rings is 3. The molecule has 0 atom stereocenters. The lowest BCUT2D eigenvalue weighted by Gasteiger charge is -2.43. The normalized spacial score (nSPS) is 15.6. The highest BCUT2D eigenvalue weighted by Crippen LogP contribution is 2.41. The van der Waals surface area contributed by atoms with Crippen molar-refractivity contribution >= 4 is 23.5 Å². The van der Waals surface area contributed by atoms with Gasteiger partial charge in [0.1, 0.15) is 5.57 Å². The second kappa shape index (κ2) is 12.4. The summed E-state index contributed by atoms with van der Waals surface area (Å²) in [6, 6.07) is 27.2. The van der Waals surface area contributed by atoms with Crippen molar-refractivity contribution in [2.45, 2.75) is 31.6 Å². The van der Waals surface area contributed by atoms with Crippen molar-refractivity contribution in [3.63, 3.8) is 0 Å². The van der Waals surface area contributed by atoms with Crippen molar-refractivity contribution in [1.29, 1.82) is 0 Å². The van der Waals surface area contributed by atoms with Gasteiger partial charge in [-0.1, -0.05) is 72.8 Å². The lowest BCUT2D eigenvalue weighted by molar-refractivity contribution is -0.384. The summed E-state index contributed by atoms with van der Waals surface area (Å²) in [4.78, 5) is 37.6. The molecule has 1 fully saturated rings. The summed E-state index contributed by atoms with van der Waals surface area (Å²) >= 11 is 0. The molecule has 1 aliphatic rings. The highest BCUT2D eigenvalue weighted by molar-refractivity contribution is 6.19. The molecule has 3 aromatic rings. The quantitative estimate of drug-likeness (QED) is 0.0670. The van der Waals surface area contributed by atoms with E-state index in [0.717, 1.165) is 32.5 Å². The lowest BCUT2D eigenvalue weighted by atomic mass is 9.68. The summed E-state index contributed by atoms with van der Waals surface area (Å²) < 4.78 is 5.40. The molecule has 7 nitrogen and oxygen atoms in total. The number of ether oxygens (including phenoxy) is 1. The standard InChI is InChI=1S/C31H32N2O5/c1-24(34)29(23-25-10-8-15-28(22-25)33(36)37)30(35)38-21-9-18-32-19-16-31(17-20-32,26-11-4-2-5-12-26)27-13-6-3-7-14-27/h2-8,10-15,22-23H,9,16-21H2,1H3. The fourth-order valence-electron chi connectivity index (χ4n) is 5.15. The Morgan fingerprint density at radius 3 is 2.11 bits per heavy atom. The maximum Gasteiger partial charge on any atom is 0.341 e. The van der Waals surface area contributed by atoms with Gasteiger partial charge in [-0.25, -0.2) is 4.79 Å². The van der Waals surface area contributed by atoms with Crippen LogP contribution >= 0.6 is 0 Å². The van der Waals surface area contributed by atoms with Crippen LogP contribution in [0.5, 0.6) is 0 Å². The fourth-order valence-corrected chi connectivity index (χ4v) is 5.15. The molecular formula is C31H32N2O5. The summed E-state index contributed by atoms with van der Waals surface area (Å²) in [6.45, 7) is 4.13. The zero-order valence-corrected chi connectivity index (χ0v) is 21.5. The Kier molecular flexibility index (Phi) is 8.81. The molecule has 0 aliphatic carbocycles. The van der Waals surface area contributed by atoms with Gasteiger partial charge in [-0.3, -0.25) is 14.9 Å². The molecule has 196 valence electrons. The van der Waals surface area contributed by atoms with Gasteiger partial charge in [0.05, 0.1) is 11.5 Å². The number of esters is 1. The summed E-state index contributed by atoms with van der Waals surface area (Å²) in [6.07, 6.45) is 3.99. The van der Waals surface area contributed by atoms with E-state index in [4.69, 9.17) is 4.74 Å². The molecule has 0 N–H and O–H groups in total. The predicted octanol–water partition coefficient (Wildman–Crippen LogP) is 5.58. The minimum absolute atomic E-state index is 0.0147. The highest BCUT2D eigenvalue weighted by atomic mass is 16.6. The van der Waals surface area contributed by atoms with Crippen LogP contribution in [0.1, 0.15) is 42.9 Å². The summed E-state index contributed by atoms with van der Waals surface area (Å²) in [7, 11) is 0. The van der Waals surface area contributed by atoms with Crippen LogP contribution in [0.2, 0.25) is 0 Å². The van der Waals surface area contributed by atoms with Crippen molar-refractivity contribution in [3.05, 3.63) is 117 Å². The number of rotatable bonds is 10. The number of Topliss-reactive ketones (excluding diaryl/α,β-unsaturated/α-hetero) is 1. The van der Waals surface area contributed by atoms with Gasteiger partial charge in [0.2, 0.25) is 0 Å². The second-order valence-electron chi connectivity index (χ2n) is 9.61. The van der Waals surface area contributed by atoms with Gasteiger partial charge in [-0.15, -0.1) is 0 Å². The molecule has 0 saturated carbocycles. The first-order valence-electron chi connectivity index (χ1n) is 12.9. The molecule has 1 aliphatic heterocycles. The first kappa shape index (κ1) is 26.9. The number of nitro groups is 1. The fraction of sp³-hybridized carbons (Fsp3) is 0.290. The van der Waals surface area contributed by atoms with Crippen LogP contribution in [0.25, 0.3) is 6.08 Å². The van der Waals surface area contributed by atoms with Crippen LogP contribution in [-0.2, 0) is 19.7 Å². The third-order valence-corrected chi connectivity index (χ3v) is 7.21. The van der Waals surface area contributed by atoms with Crippen molar-refractivity contribution in [2.75, 3.05) is 26.2 Å². The van der Waals surface area contributed by atoms with Crippen LogP contribution < -0.4 is 0 Å². The molecule has 3 aromatic carbocycles. The monoisotopic (exact) mass is 512 g/mol. The SMILES string of the molecule is CC(=O)C(=Cc1cccc([N+](=O)[O-])c1)C(=O)OCCCN1CCC(c2ccccc2)(c2ccccc2)CC1. The first-order chi connectivity index (χ1) is 18.4. The van der Waals surface area contributed by atoms with Crippen LogP contribution in [0, 0.1) is 10.1 Å². The van der Waals surface area contributed by atoms with Crippen LogP contribution in [0.4, 0.5) is 5.69 Å². The smallest absolute Gasteiger partial charge is 0.341 e. The molecule has 0 bridgehead atoms. The molecule has 4 rings (SSSR count). The Labute approximate surface area is 222 Å². The van der Waals surface area contributed by atoms with E-state index in [1.807, 2.05) is 0 Å². The highest BCUT2D eigenvalue weighted by Gasteiger charge is 2.37. The minimum atomic E-state index is -0.713. The van der Waals surface area contributed by atoms with Crippen molar-refractivity contribution in [3.8, 4) is 0 Å². The molecular weight excluding hydrogens is 480 g/mol. The Morgan fingerprint density at radius 1 is 0.947 bits per heavy atom. The van der Waals surface area contributed by atoms with Gasteiger partial charge < -0.3 is 9.64 Å². The summed E-state index contributed by atoms with van der Waals surface area (Å²) in [5.41, 5.74) is 2.83. The topological polar surface area (TPSA) is 89.8 Å². The number of nitro benzene ring substituents is 1. The van der Waals surface area contributed by atoms with E-state index in [-0.39, 0.29) is 23.3 Å². The van der Waals surface area contributed by atoms with Gasteiger partial charge in [0.25, 0.3) is 5.69 Å². The third kappa shape index (κ3) is 6.42. The van der Waals surface area contributed by atoms with Crippen molar-refractivity contribution in [2.24, 2.45) is 0 Å². The largest absolute Gasteiger partial charge is 0.462 e. The molecule has 1 heterocycles. The van der Waals surface area contributed by atoms with Crippen molar-refractivity contribution < 1.29 is 19.2 Å². The third-order valence-electron chi connectivity index (χ3n) is 7.21. The van der Waals surface area contributed by atoms with E-state index in [9.17, 15) is 19.7 Å². The van der Waals surface area contributed by atoms with Crippen LogP contribution in [0.15, 0.2) is 90.5 Å². The second-order valence-corrected chi connectivity index (χ2v) is 9.61. The number of likely N-dealkylation sites (tertiary alicyclic amines) is 1. The van der Waals surface area contributed by atoms with Gasteiger partial charge >= 0.3 is 5.97 Å². The van der Waals surface area contributed by atoms with E-state index >= 15 is 0 Å². The van der Waals surface area contributed by atoms with Gasteiger partial charge in [-0.2, -0.15) is 0 Å². The molecule has 7 heteroatoms. The number of hydrogen-bond donors (Lipinski definition) is 0. The van der Waals surface area contributed by atoms with Gasteiger partial charge in [0, 0.05) is 24.1 Å². The Bertz CT molecular complexity index is 1250. The first-order valence-corrected chi connectivity index (χ1v) is 12.9. The van der Waals surface area contributed by atoms with Gasteiger partial charge in [-0.05, 0) is 62.0 Å². The average Bonchev–Trinajstić information content (AvgIpc) is 2.95. The molecule has 0 radical (unpaired) electrons. The van der Waals surface area contributed by atoms with Crippen molar-refractivity contribution in [1.82, 2.24) is 4.90 Å². The molecule has 0 amide bonds. The van der Waals surface area contributed by atoms with E-state index < -0.39 is 16.7 Å². The van der Waals surface area contributed by atoms with E-state index in [2.05, 4.69) is 65.6 Å². The zero-order valence-electron chi connectivity index (χ0n) is 21.5. The minimum Gasteiger partial charge on any atom is -0.462 e. The maximum absolute atomic E-state index is 12.6. The number of piperidine rings is 1. The van der Waals surface area contributed by atoms with Gasteiger partial charge in [0.15, 0.2) is 5.78 Å². The summed E-state index contributed by atoms with van der Waals surface area (Å²) in [5.74, 6) is -1.16. The predicted molar refractivity (Wildman–Crippen MR) is 147 cm³/mol. The Morgan fingerprint density at radius 2 is 1.55 bits per heavy atom. The van der Waals surface area contributed by atoms with E-state index in [0.29, 0.717) is 12.0 Å². The number of carbonyl (C=O) groups is 2. The number of nitrogens with zero attached hydrogens (tertiary/aromatic N) is 2. The number of non-ortho nitro benzene ring substituents is 1. The molecule has 0 aromatic heterocycles.